The summed E-state index contributed by atoms with van der Waals surface area (Å²) in [4.78, 5) is 0. The van der Waals surface area contributed by atoms with Crippen LogP contribution in [0.4, 0.5) is 0 Å². The zero-order valence-electron chi connectivity index (χ0n) is 4.26. The fraction of sp³-hybridized carbons (Fsp3) is 0.200. The molecule has 1 rings (SSSR count). The van der Waals surface area contributed by atoms with E-state index in [0.717, 1.165) is 5.69 Å². The van der Waals surface area contributed by atoms with Gasteiger partial charge in [-0.1, -0.05) is 0 Å². The first kappa shape index (κ1) is 4.37. The molecule has 0 aliphatic carbocycles. The van der Waals surface area contributed by atoms with Crippen molar-refractivity contribution in [3.05, 3.63) is 25.0 Å². The molecule has 0 aromatic carbocycles. The lowest BCUT2D eigenvalue weighted by Gasteiger charge is -1.86. The number of rotatable bonds is 0. The molecule has 0 unspecified atom stereocenters. The Kier molecular flexibility index (Phi) is 0.855. The Bertz CT molecular complexity index is 138. The van der Waals surface area contributed by atoms with Crippen LogP contribution in [0.5, 0.6) is 0 Å². The Labute approximate surface area is 42.8 Å². The standard InChI is InChI=1S/C5H7N2/c1-5-3-4-6-7(5)2/h3-4H,2H2,1H3. The molecule has 0 fully saturated rings. The Morgan fingerprint density at radius 2 is 2.57 bits per heavy atom. The lowest BCUT2D eigenvalue weighted by Crippen LogP contribution is -1.87. The van der Waals surface area contributed by atoms with Gasteiger partial charge in [-0.15, -0.1) is 0 Å². The highest BCUT2D eigenvalue weighted by atomic mass is 15.2. The van der Waals surface area contributed by atoms with Crippen molar-refractivity contribution in [1.82, 2.24) is 9.78 Å². The van der Waals surface area contributed by atoms with Gasteiger partial charge in [0.2, 0.25) is 0 Å². The highest BCUT2D eigenvalue weighted by Crippen LogP contribution is 1.89. The van der Waals surface area contributed by atoms with E-state index in [0.29, 0.717) is 0 Å². The van der Waals surface area contributed by atoms with Gasteiger partial charge in [0.15, 0.2) is 0 Å². The Morgan fingerprint density at radius 3 is 2.71 bits per heavy atom. The fourth-order valence-electron chi connectivity index (χ4n) is 0.399. The third kappa shape index (κ3) is 0.633. The molecule has 0 saturated carbocycles. The summed E-state index contributed by atoms with van der Waals surface area (Å²) in [5.41, 5.74) is 1.08. The van der Waals surface area contributed by atoms with E-state index < -0.39 is 0 Å². The third-order valence-corrected chi connectivity index (χ3v) is 0.929. The smallest absolute Gasteiger partial charge is 0.0608 e. The van der Waals surface area contributed by atoms with Gasteiger partial charge in [-0.25, -0.2) is 0 Å². The maximum atomic E-state index is 3.82. The van der Waals surface area contributed by atoms with E-state index in [-0.39, 0.29) is 0 Å². The summed E-state index contributed by atoms with van der Waals surface area (Å²) in [6.07, 6.45) is 1.72. The largest absolute Gasteiger partial charge is 0.268 e. The first-order chi connectivity index (χ1) is 3.30. The monoisotopic (exact) mass is 95.1 g/mol. The van der Waals surface area contributed by atoms with Gasteiger partial charge in [0.05, 0.1) is 7.05 Å². The molecule has 0 amide bonds. The zero-order chi connectivity index (χ0) is 5.28. The lowest BCUT2D eigenvalue weighted by molar-refractivity contribution is 0.843. The number of nitrogens with zero attached hydrogens (tertiary/aromatic N) is 2. The lowest BCUT2D eigenvalue weighted by atomic mass is 10.5. The van der Waals surface area contributed by atoms with Gasteiger partial charge in [-0.3, -0.25) is 4.68 Å². The van der Waals surface area contributed by atoms with Crippen molar-refractivity contribution in [2.24, 2.45) is 0 Å². The Morgan fingerprint density at radius 1 is 1.86 bits per heavy atom. The number of hydrogen-bond donors (Lipinski definition) is 0. The molecule has 7 heavy (non-hydrogen) atoms. The molecule has 37 valence electrons. The molecular formula is C5H7N2. The third-order valence-electron chi connectivity index (χ3n) is 0.929. The van der Waals surface area contributed by atoms with Crippen molar-refractivity contribution < 1.29 is 0 Å². The molecule has 0 N–H and O–H groups in total. The van der Waals surface area contributed by atoms with Gasteiger partial charge in [-0.2, -0.15) is 5.10 Å². The van der Waals surface area contributed by atoms with Crippen molar-refractivity contribution >= 4 is 0 Å². The predicted molar refractivity (Wildman–Crippen MR) is 27.7 cm³/mol. The molecule has 0 aliphatic heterocycles. The van der Waals surface area contributed by atoms with Crippen LogP contribution in [0.25, 0.3) is 0 Å². The molecule has 0 spiro atoms. The molecule has 0 saturated heterocycles. The average molecular weight is 95.1 g/mol. The maximum absolute atomic E-state index is 3.82. The molecule has 2 heteroatoms. The molecule has 1 heterocycles. The van der Waals surface area contributed by atoms with Crippen LogP contribution in [0, 0.1) is 14.0 Å². The minimum Gasteiger partial charge on any atom is -0.268 e. The van der Waals surface area contributed by atoms with Gasteiger partial charge in [0.25, 0.3) is 0 Å². The van der Waals surface area contributed by atoms with E-state index in [1.165, 1.54) is 0 Å². The summed E-state index contributed by atoms with van der Waals surface area (Å²) >= 11 is 0. The van der Waals surface area contributed by atoms with Crippen LogP contribution in [0.2, 0.25) is 0 Å². The van der Waals surface area contributed by atoms with E-state index in [9.17, 15) is 0 Å². The van der Waals surface area contributed by atoms with Crippen LogP contribution in [-0.4, -0.2) is 9.78 Å². The highest BCUT2D eigenvalue weighted by Gasteiger charge is 1.83. The van der Waals surface area contributed by atoms with E-state index in [1.807, 2.05) is 13.0 Å². The first-order valence-electron chi connectivity index (χ1n) is 2.12. The van der Waals surface area contributed by atoms with Crippen molar-refractivity contribution in [2.75, 3.05) is 0 Å². The number of aromatic nitrogens is 2. The summed E-state index contributed by atoms with van der Waals surface area (Å²) < 4.78 is 1.58. The Hall–Kier alpha value is -0.790. The van der Waals surface area contributed by atoms with Crippen LogP contribution in [0.3, 0.4) is 0 Å². The minimum atomic E-state index is 1.08. The summed E-state index contributed by atoms with van der Waals surface area (Å²) in [5, 5.41) is 3.82. The van der Waals surface area contributed by atoms with E-state index in [2.05, 4.69) is 12.1 Å². The fourth-order valence-corrected chi connectivity index (χ4v) is 0.399. The molecule has 0 bridgehead atoms. The molecule has 1 radical (unpaired) electrons. The number of hydrogen-bond acceptors (Lipinski definition) is 1. The highest BCUT2D eigenvalue weighted by molar-refractivity contribution is 4.96. The van der Waals surface area contributed by atoms with Crippen LogP contribution < -0.4 is 0 Å². The molecule has 0 aliphatic rings. The summed E-state index contributed by atoms with van der Waals surface area (Å²) in [6, 6.07) is 1.91. The van der Waals surface area contributed by atoms with Crippen molar-refractivity contribution in [2.45, 2.75) is 6.92 Å². The summed E-state index contributed by atoms with van der Waals surface area (Å²) in [7, 11) is 3.59. The molecule has 2 nitrogen and oxygen atoms in total. The second-order valence-electron chi connectivity index (χ2n) is 1.47. The zero-order valence-corrected chi connectivity index (χ0v) is 4.26. The summed E-state index contributed by atoms with van der Waals surface area (Å²) in [5.74, 6) is 0. The van der Waals surface area contributed by atoms with Crippen LogP contribution >= 0.6 is 0 Å². The second-order valence-corrected chi connectivity index (χ2v) is 1.47. The first-order valence-corrected chi connectivity index (χ1v) is 2.12. The van der Waals surface area contributed by atoms with Gasteiger partial charge in [0.1, 0.15) is 0 Å². The van der Waals surface area contributed by atoms with Crippen LogP contribution in [-0.2, 0) is 0 Å². The number of aryl methyl sites for hydroxylation is 1. The second kappa shape index (κ2) is 1.37. The van der Waals surface area contributed by atoms with Gasteiger partial charge in [-0.05, 0) is 13.0 Å². The van der Waals surface area contributed by atoms with Gasteiger partial charge < -0.3 is 0 Å². The normalized spacial score (nSPS) is 9.43. The Balaban J connectivity index is 3.12. The van der Waals surface area contributed by atoms with Gasteiger partial charge >= 0.3 is 0 Å². The molecule has 1 aromatic heterocycles. The maximum Gasteiger partial charge on any atom is 0.0608 e. The molecular weight excluding hydrogens is 88.1 g/mol. The molecule has 0 atom stereocenters. The van der Waals surface area contributed by atoms with Crippen molar-refractivity contribution in [3.63, 3.8) is 0 Å². The van der Waals surface area contributed by atoms with Crippen LogP contribution in [0.15, 0.2) is 12.3 Å². The SMILES string of the molecule is [CH2]n1nccc1C. The quantitative estimate of drug-likeness (QED) is 0.466. The molecule has 1 aromatic rings. The van der Waals surface area contributed by atoms with E-state index >= 15 is 0 Å². The summed E-state index contributed by atoms with van der Waals surface area (Å²) in [6.45, 7) is 1.96. The average Bonchev–Trinajstić information content (AvgIpc) is 1.91. The van der Waals surface area contributed by atoms with Gasteiger partial charge in [0, 0.05) is 11.9 Å². The predicted octanol–water partition coefficient (Wildman–Crippen LogP) is 0.831. The minimum absolute atomic E-state index is 1.08. The topological polar surface area (TPSA) is 17.8 Å². The van der Waals surface area contributed by atoms with Crippen molar-refractivity contribution in [1.29, 1.82) is 0 Å². The van der Waals surface area contributed by atoms with Crippen molar-refractivity contribution in [3.8, 4) is 0 Å². The van der Waals surface area contributed by atoms with E-state index in [1.54, 1.807) is 10.9 Å². The van der Waals surface area contributed by atoms with Crippen LogP contribution in [0.1, 0.15) is 5.69 Å². The van der Waals surface area contributed by atoms with E-state index in [4.69, 9.17) is 0 Å².